The second-order valence-corrected chi connectivity index (χ2v) is 5.74. The van der Waals surface area contributed by atoms with Crippen molar-refractivity contribution in [2.45, 2.75) is 13.0 Å². The molecule has 2 aromatic rings. The number of amides is 3. The molecule has 0 fully saturated rings. The fraction of sp³-hybridized carbons (Fsp3) is 0.111. The molecule has 0 saturated heterocycles. The molecule has 132 valence electrons. The van der Waals surface area contributed by atoms with Crippen molar-refractivity contribution >= 4 is 23.3 Å². The van der Waals surface area contributed by atoms with Crippen LogP contribution in [0.1, 0.15) is 18.5 Å². The minimum atomic E-state index is -0.594. The maximum absolute atomic E-state index is 12.8. The molecular weight excluding hydrogens is 336 g/mol. The highest BCUT2D eigenvalue weighted by molar-refractivity contribution is 6.06. The summed E-state index contributed by atoms with van der Waals surface area (Å²) in [6.45, 7) is 1.65. The molecule has 0 spiro atoms. The maximum atomic E-state index is 12.8. The van der Waals surface area contributed by atoms with Crippen LogP contribution in [0.25, 0.3) is 0 Å². The lowest BCUT2D eigenvalue weighted by molar-refractivity contribution is -0.384. The Morgan fingerprint density at radius 3 is 2.38 bits per heavy atom. The molecule has 0 bridgehead atoms. The van der Waals surface area contributed by atoms with Crippen molar-refractivity contribution in [2.24, 2.45) is 0 Å². The Bertz CT molecular complexity index is 891. The monoisotopic (exact) mass is 352 g/mol. The number of nitro groups is 1. The number of allylic oxidation sites excluding steroid dienone is 1. The van der Waals surface area contributed by atoms with Gasteiger partial charge >= 0.3 is 6.03 Å². The Morgan fingerprint density at radius 2 is 1.77 bits per heavy atom. The molecule has 1 atom stereocenters. The van der Waals surface area contributed by atoms with Gasteiger partial charge in [-0.1, -0.05) is 30.3 Å². The summed E-state index contributed by atoms with van der Waals surface area (Å²) < 4.78 is 0. The summed E-state index contributed by atoms with van der Waals surface area (Å²) in [5.74, 6) is -0.405. The van der Waals surface area contributed by atoms with E-state index < -0.39 is 16.9 Å². The number of non-ortho nitro benzene ring substituents is 1. The summed E-state index contributed by atoms with van der Waals surface area (Å²) in [6.07, 6.45) is 0. The second kappa shape index (κ2) is 7.06. The zero-order valence-corrected chi connectivity index (χ0v) is 13.9. The molecule has 0 saturated carbocycles. The topological polar surface area (TPSA) is 113 Å². The predicted molar refractivity (Wildman–Crippen MR) is 95.3 cm³/mol. The number of carbonyl (C=O) groups excluding carboxylic acids is 2. The highest BCUT2D eigenvalue weighted by Crippen LogP contribution is 2.27. The van der Waals surface area contributed by atoms with E-state index in [0.29, 0.717) is 17.0 Å². The third-order valence-electron chi connectivity index (χ3n) is 3.98. The SMILES string of the molecule is CC1=C(C(=O)Nc2ccc([N+](=O)[O-])cc2)[C@@H](c2ccccc2)NC(=O)N1. The molecular formula is C18H16N4O4. The van der Waals surface area contributed by atoms with Crippen LogP contribution in [0.15, 0.2) is 65.9 Å². The Labute approximate surface area is 149 Å². The lowest BCUT2D eigenvalue weighted by atomic mass is 9.95. The minimum absolute atomic E-state index is 0.0628. The number of nitrogens with zero attached hydrogens (tertiary/aromatic N) is 1. The standard InChI is InChI=1S/C18H16N4O4/c1-11-15(16(21-18(24)19-11)12-5-3-2-4-6-12)17(23)20-13-7-9-14(10-8-13)22(25)26/h2-10,16H,1H3,(H,20,23)(H2,19,21,24)/t16-/m1/s1. The van der Waals surface area contributed by atoms with Gasteiger partial charge in [0.25, 0.3) is 11.6 Å². The van der Waals surface area contributed by atoms with Gasteiger partial charge in [0.05, 0.1) is 16.5 Å². The molecule has 3 amide bonds. The molecule has 8 nitrogen and oxygen atoms in total. The van der Waals surface area contributed by atoms with Crippen LogP contribution in [-0.4, -0.2) is 16.9 Å². The predicted octanol–water partition coefficient (Wildman–Crippen LogP) is 2.86. The number of nitrogens with one attached hydrogen (secondary N) is 3. The van der Waals surface area contributed by atoms with Gasteiger partial charge in [-0.25, -0.2) is 4.79 Å². The van der Waals surface area contributed by atoms with Gasteiger partial charge in [0.2, 0.25) is 0 Å². The van der Waals surface area contributed by atoms with E-state index in [9.17, 15) is 19.7 Å². The first-order valence-electron chi connectivity index (χ1n) is 7.85. The van der Waals surface area contributed by atoms with Crippen LogP contribution in [0.5, 0.6) is 0 Å². The van der Waals surface area contributed by atoms with Crippen molar-refractivity contribution in [2.75, 3.05) is 5.32 Å². The Kier molecular flexibility index (Phi) is 4.66. The number of benzene rings is 2. The van der Waals surface area contributed by atoms with Gasteiger partial charge < -0.3 is 16.0 Å². The molecule has 1 aliphatic rings. The zero-order valence-electron chi connectivity index (χ0n) is 13.9. The summed E-state index contributed by atoms with van der Waals surface area (Å²) in [5.41, 5.74) is 1.95. The van der Waals surface area contributed by atoms with Gasteiger partial charge in [-0.15, -0.1) is 0 Å². The lowest BCUT2D eigenvalue weighted by Crippen LogP contribution is -2.45. The van der Waals surface area contributed by atoms with Crippen LogP contribution < -0.4 is 16.0 Å². The molecule has 8 heteroatoms. The van der Waals surface area contributed by atoms with Crippen LogP contribution in [0.4, 0.5) is 16.2 Å². The number of hydrogen-bond acceptors (Lipinski definition) is 4. The first-order valence-corrected chi connectivity index (χ1v) is 7.85. The molecule has 0 unspecified atom stereocenters. The van der Waals surface area contributed by atoms with Crippen LogP contribution in [0, 0.1) is 10.1 Å². The molecule has 0 aliphatic carbocycles. The van der Waals surface area contributed by atoms with E-state index in [1.165, 1.54) is 24.3 Å². The van der Waals surface area contributed by atoms with E-state index >= 15 is 0 Å². The molecule has 1 aliphatic heterocycles. The molecule has 0 aromatic heterocycles. The normalized spacial score (nSPS) is 16.5. The molecule has 1 heterocycles. The number of anilines is 1. The van der Waals surface area contributed by atoms with E-state index in [-0.39, 0.29) is 11.7 Å². The van der Waals surface area contributed by atoms with E-state index in [4.69, 9.17) is 0 Å². The highest BCUT2D eigenvalue weighted by Gasteiger charge is 2.31. The number of urea groups is 1. The Hall–Kier alpha value is -3.68. The largest absolute Gasteiger partial charge is 0.327 e. The van der Waals surface area contributed by atoms with Gasteiger partial charge in [0.15, 0.2) is 0 Å². The van der Waals surface area contributed by atoms with Crippen LogP contribution in [0.3, 0.4) is 0 Å². The number of rotatable bonds is 4. The van der Waals surface area contributed by atoms with Crippen molar-refractivity contribution in [1.82, 2.24) is 10.6 Å². The van der Waals surface area contributed by atoms with Crippen molar-refractivity contribution < 1.29 is 14.5 Å². The van der Waals surface area contributed by atoms with Crippen molar-refractivity contribution in [3.63, 3.8) is 0 Å². The zero-order chi connectivity index (χ0) is 18.7. The first kappa shape index (κ1) is 17.2. The van der Waals surface area contributed by atoms with E-state index in [0.717, 1.165) is 5.56 Å². The van der Waals surface area contributed by atoms with E-state index in [1.807, 2.05) is 30.3 Å². The van der Waals surface area contributed by atoms with Gasteiger partial charge in [-0.3, -0.25) is 14.9 Å². The van der Waals surface area contributed by atoms with E-state index in [2.05, 4.69) is 16.0 Å². The second-order valence-electron chi connectivity index (χ2n) is 5.74. The number of carbonyl (C=O) groups is 2. The molecule has 0 radical (unpaired) electrons. The van der Waals surface area contributed by atoms with Gasteiger partial charge in [-0.05, 0) is 24.6 Å². The highest BCUT2D eigenvalue weighted by atomic mass is 16.6. The maximum Gasteiger partial charge on any atom is 0.319 e. The fourth-order valence-corrected chi connectivity index (χ4v) is 2.76. The third kappa shape index (κ3) is 3.54. The van der Waals surface area contributed by atoms with Crippen LogP contribution in [0.2, 0.25) is 0 Å². The van der Waals surface area contributed by atoms with Gasteiger partial charge in [0, 0.05) is 23.5 Å². The summed E-state index contributed by atoms with van der Waals surface area (Å²) in [7, 11) is 0. The van der Waals surface area contributed by atoms with Crippen molar-refractivity contribution in [3.8, 4) is 0 Å². The average Bonchev–Trinajstić information content (AvgIpc) is 2.62. The van der Waals surface area contributed by atoms with Crippen LogP contribution >= 0.6 is 0 Å². The summed E-state index contributed by atoms with van der Waals surface area (Å²) >= 11 is 0. The quantitative estimate of drug-likeness (QED) is 0.580. The third-order valence-corrected chi connectivity index (χ3v) is 3.98. The fourth-order valence-electron chi connectivity index (χ4n) is 2.76. The Morgan fingerprint density at radius 1 is 1.12 bits per heavy atom. The van der Waals surface area contributed by atoms with Crippen molar-refractivity contribution in [3.05, 3.63) is 81.5 Å². The summed E-state index contributed by atoms with van der Waals surface area (Å²) in [5, 5.41) is 18.8. The van der Waals surface area contributed by atoms with Gasteiger partial charge in [0.1, 0.15) is 0 Å². The minimum Gasteiger partial charge on any atom is -0.327 e. The van der Waals surface area contributed by atoms with Crippen LogP contribution in [-0.2, 0) is 4.79 Å². The number of hydrogen-bond donors (Lipinski definition) is 3. The summed E-state index contributed by atoms with van der Waals surface area (Å²) in [6, 6.07) is 13.7. The summed E-state index contributed by atoms with van der Waals surface area (Å²) in [4.78, 5) is 34.8. The average molecular weight is 352 g/mol. The van der Waals surface area contributed by atoms with E-state index in [1.54, 1.807) is 6.92 Å². The molecule has 3 rings (SSSR count). The van der Waals surface area contributed by atoms with Crippen molar-refractivity contribution in [1.29, 1.82) is 0 Å². The van der Waals surface area contributed by atoms with Gasteiger partial charge in [-0.2, -0.15) is 0 Å². The number of nitro benzene ring substituents is 1. The first-order chi connectivity index (χ1) is 12.5. The Balaban J connectivity index is 1.88. The smallest absolute Gasteiger partial charge is 0.319 e. The lowest BCUT2D eigenvalue weighted by Gasteiger charge is -2.28. The molecule has 26 heavy (non-hydrogen) atoms. The molecule has 3 N–H and O–H groups in total. The molecule has 2 aromatic carbocycles.